The summed E-state index contributed by atoms with van der Waals surface area (Å²) < 4.78 is 38.6. The summed E-state index contributed by atoms with van der Waals surface area (Å²) in [4.78, 5) is 13.1. The van der Waals surface area contributed by atoms with Crippen LogP contribution in [0.15, 0.2) is 77.7 Å². The predicted molar refractivity (Wildman–Crippen MR) is 130 cm³/mol. The van der Waals surface area contributed by atoms with Crippen LogP contribution < -0.4 is 13.8 Å². The van der Waals surface area contributed by atoms with Gasteiger partial charge in [-0.3, -0.25) is 4.79 Å². The van der Waals surface area contributed by atoms with Crippen LogP contribution in [0.1, 0.15) is 19.8 Å². The van der Waals surface area contributed by atoms with Crippen LogP contribution >= 0.6 is 23.2 Å². The van der Waals surface area contributed by atoms with Crippen molar-refractivity contribution >= 4 is 44.8 Å². The third kappa shape index (κ3) is 6.63. The van der Waals surface area contributed by atoms with Gasteiger partial charge in [-0.1, -0.05) is 23.2 Å². The highest BCUT2D eigenvalue weighted by Gasteiger charge is 2.30. The molecule has 0 aliphatic heterocycles. The maximum atomic E-state index is 13.4. The first kappa shape index (κ1) is 24.9. The number of nitrogens with zero attached hydrogens (tertiary/aromatic N) is 1. The highest BCUT2D eigenvalue weighted by molar-refractivity contribution is 7.93. The normalized spacial score (nSPS) is 11.1. The summed E-state index contributed by atoms with van der Waals surface area (Å²) >= 11 is 11.8. The van der Waals surface area contributed by atoms with Gasteiger partial charge in [0.1, 0.15) is 11.5 Å². The lowest BCUT2D eigenvalue weighted by Crippen LogP contribution is -2.37. The van der Waals surface area contributed by atoms with Crippen molar-refractivity contribution < 1.29 is 22.7 Å². The van der Waals surface area contributed by atoms with Crippen molar-refractivity contribution in [3.8, 4) is 11.5 Å². The van der Waals surface area contributed by atoms with Crippen molar-refractivity contribution in [2.24, 2.45) is 0 Å². The molecule has 0 spiro atoms. The van der Waals surface area contributed by atoms with Crippen LogP contribution in [-0.2, 0) is 14.8 Å². The topological polar surface area (TPSA) is 72.9 Å². The molecule has 3 rings (SSSR count). The highest BCUT2D eigenvalue weighted by Crippen LogP contribution is 2.28. The summed E-state index contributed by atoms with van der Waals surface area (Å²) in [6.45, 7) is 2.56. The summed E-state index contributed by atoms with van der Waals surface area (Å²) in [6, 6.07) is 18.9. The van der Waals surface area contributed by atoms with Gasteiger partial charge in [-0.15, -0.1) is 0 Å². The van der Waals surface area contributed by atoms with Crippen molar-refractivity contribution in [2.75, 3.05) is 17.5 Å². The molecule has 0 saturated carbocycles. The van der Waals surface area contributed by atoms with Crippen LogP contribution in [0.25, 0.3) is 0 Å². The molecule has 33 heavy (non-hydrogen) atoms. The summed E-state index contributed by atoms with van der Waals surface area (Å²) in [5.74, 6) is 0.617. The first-order valence-electron chi connectivity index (χ1n) is 10.3. The summed E-state index contributed by atoms with van der Waals surface area (Å²) in [5, 5.41) is 0.989. The van der Waals surface area contributed by atoms with Crippen LogP contribution in [0.3, 0.4) is 0 Å². The van der Waals surface area contributed by atoms with E-state index < -0.39 is 15.9 Å². The highest BCUT2D eigenvalue weighted by atomic mass is 35.5. The van der Waals surface area contributed by atoms with E-state index in [1.807, 2.05) is 6.92 Å². The number of ether oxygens (including phenoxy) is 2. The molecule has 0 heterocycles. The molecule has 0 radical (unpaired) electrons. The molecule has 0 saturated heterocycles. The second-order valence-corrected chi connectivity index (χ2v) is 9.61. The van der Waals surface area contributed by atoms with E-state index in [0.29, 0.717) is 34.6 Å². The van der Waals surface area contributed by atoms with Crippen molar-refractivity contribution in [1.82, 2.24) is 0 Å². The number of carbonyl (C=O) groups excluding carboxylic acids is 1. The fourth-order valence-corrected chi connectivity index (χ4v) is 4.72. The zero-order chi connectivity index (χ0) is 23.8. The zero-order valence-electron chi connectivity index (χ0n) is 17.9. The molecule has 0 unspecified atom stereocenters. The molecule has 3 aromatic carbocycles. The maximum absolute atomic E-state index is 13.4. The molecule has 6 nitrogen and oxygen atoms in total. The molecule has 3 aromatic rings. The standard InChI is InChI=1S/C24H23Cl2NO5S/c1-2-31-21-13-9-20(10-14-21)27(33(29,30)23-15-7-19(26)8-16-23)24(28)4-3-17-32-22-11-5-18(25)6-12-22/h5-16H,2-4,17H2,1H3. The lowest BCUT2D eigenvalue weighted by molar-refractivity contribution is -0.117. The molecule has 0 aromatic heterocycles. The van der Waals surface area contributed by atoms with Gasteiger partial charge in [-0.2, -0.15) is 0 Å². The Labute approximate surface area is 203 Å². The third-order valence-electron chi connectivity index (χ3n) is 4.58. The largest absolute Gasteiger partial charge is 0.494 e. The number of rotatable bonds is 10. The van der Waals surface area contributed by atoms with E-state index in [9.17, 15) is 13.2 Å². The number of benzene rings is 3. The molecule has 9 heteroatoms. The molecule has 0 aliphatic carbocycles. The van der Waals surface area contributed by atoms with Gasteiger partial charge in [0.25, 0.3) is 10.0 Å². The van der Waals surface area contributed by atoms with Gasteiger partial charge in [0.2, 0.25) is 5.91 Å². The Hall–Kier alpha value is -2.74. The first-order chi connectivity index (χ1) is 15.8. The third-order valence-corrected chi connectivity index (χ3v) is 6.84. The molecule has 0 bridgehead atoms. The minimum Gasteiger partial charge on any atom is -0.494 e. The number of hydrogen-bond acceptors (Lipinski definition) is 5. The second-order valence-electron chi connectivity index (χ2n) is 6.95. The Morgan fingerprint density at radius 2 is 1.33 bits per heavy atom. The lowest BCUT2D eigenvalue weighted by Gasteiger charge is -2.23. The molecular formula is C24H23Cl2NO5S. The van der Waals surface area contributed by atoms with E-state index in [0.717, 1.165) is 4.31 Å². The van der Waals surface area contributed by atoms with E-state index in [4.69, 9.17) is 32.7 Å². The van der Waals surface area contributed by atoms with Crippen LogP contribution in [0.4, 0.5) is 5.69 Å². The van der Waals surface area contributed by atoms with E-state index >= 15 is 0 Å². The first-order valence-corrected chi connectivity index (χ1v) is 12.5. The summed E-state index contributed by atoms with van der Waals surface area (Å²) in [5.41, 5.74) is 0.219. The zero-order valence-corrected chi connectivity index (χ0v) is 20.2. The van der Waals surface area contributed by atoms with Crippen LogP contribution in [0, 0.1) is 0 Å². The van der Waals surface area contributed by atoms with Gasteiger partial charge in [-0.25, -0.2) is 12.7 Å². The van der Waals surface area contributed by atoms with E-state index in [1.54, 1.807) is 48.5 Å². The SMILES string of the molecule is CCOc1ccc(N(C(=O)CCCOc2ccc(Cl)cc2)S(=O)(=O)c2ccc(Cl)cc2)cc1. The van der Waals surface area contributed by atoms with Crippen molar-refractivity contribution in [1.29, 1.82) is 0 Å². The molecule has 0 aliphatic rings. The predicted octanol–water partition coefficient (Wildman–Crippen LogP) is 5.97. The Kier molecular flexibility index (Phi) is 8.61. The van der Waals surface area contributed by atoms with Gasteiger partial charge in [0.15, 0.2) is 0 Å². The monoisotopic (exact) mass is 507 g/mol. The minimum absolute atomic E-state index is 0.0341. The molecule has 0 N–H and O–H groups in total. The Morgan fingerprint density at radius 1 is 0.818 bits per heavy atom. The number of hydrogen-bond donors (Lipinski definition) is 0. The smallest absolute Gasteiger partial charge is 0.270 e. The number of amides is 1. The van der Waals surface area contributed by atoms with Gasteiger partial charge < -0.3 is 9.47 Å². The van der Waals surface area contributed by atoms with Crippen LogP contribution in [0.2, 0.25) is 10.0 Å². The van der Waals surface area contributed by atoms with E-state index in [-0.39, 0.29) is 23.6 Å². The second kappa shape index (κ2) is 11.4. The quantitative estimate of drug-likeness (QED) is 0.316. The summed E-state index contributed by atoms with van der Waals surface area (Å²) in [6.07, 6.45) is 0.290. The molecular weight excluding hydrogens is 485 g/mol. The Bertz CT molecular complexity index is 1160. The van der Waals surface area contributed by atoms with Gasteiger partial charge in [0.05, 0.1) is 23.8 Å². The van der Waals surface area contributed by atoms with Crippen LogP contribution in [-0.4, -0.2) is 27.5 Å². The van der Waals surface area contributed by atoms with Crippen molar-refractivity contribution in [3.63, 3.8) is 0 Å². The molecule has 0 fully saturated rings. The average molecular weight is 508 g/mol. The van der Waals surface area contributed by atoms with E-state index in [2.05, 4.69) is 0 Å². The summed E-state index contributed by atoms with van der Waals surface area (Å²) in [7, 11) is -4.16. The average Bonchev–Trinajstić information content (AvgIpc) is 2.79. The number of carbonyl (C=O) groups is 1. The maximum Gasteiger partial charge on any atom is 0.270 e. The number of halogens is 2. The Morgan fingerprint density at radius 3 is 1.91 bits per heavy atom. The Balaban J connectivity index is 1.79. The lowest BCUT2D eigenvalue weighted by atomic mass is 10.2. The minimum atomic E-state index is -4.16. The molecule has 174 valence electrons. The molecule has 1 amide bonds. The fraction of sp³-hybridized carbons (Fsp3) is 0.208. The number of anilines is 1. The van der Waals surface area contributed by atoms with Crippen molar-refractivity contribution in [2.45, 2.75) is 24.7 Å². The molecule has 0 atom stereocenters. The van der Waals surface area contributed by atoms with Crippen molar-refractivity contribution in [3.05, 3.63) is 82.8 Å². The van der Waals surface area contributed by atoms with Gasteiger partial charge in [-0.05, 0) is 86.1 Å². The fourth-order valence-electron chi connectivity index (χ4n) is 3.02. The van der Waals surface area contributed by atoms with Gasteiger partial charge >= 0.3 is 0 Å². The number of sulfonamides is 1. The van der Waals surface area contributed by atoms with Gasteiger partial charge in [0, 0.05) is 16.5 Å². The van der Waals surface area contributed by atoms with Crippen LogP contribution in [0.5, 0.6) is 11.5 Å². The van der Waals surface area contributed by atoms with E-state index in [1.165, 1.54) is 24.3 Å².